The van der Waals surface area contributed by atoms with Crippen molar-refractivity contribution in [3.8, 4) is 0 Å². The second kappa shape index (κ2) is 14.3. The van der Waals surface area contributed by atoms with E-state index in [4.69, 9.17) is 5.14 Å². The molecule has 0 atom stereocenters. The summed E-state index contributed by atoms with van der Waals surface area (Å²) < 4.78 is 23.0. The van der Waals surface area contributed by atoms with Gasteiger partial charge in [-0.25, -0.2) is 13.6 Å². The number of fused-ring (bicyclic) bond motifs is 1. The van der Waals surface area contributed by atoms with Gasteiger partial charge in [0.25, 0.3) is 5.91 Å². The van der Waals surface area contributed by atoms with Crippen molar-refractivity contribution in [3.05, 3.63) is 89.2 Å². The number of nitrogens with zero attached hydrogens (tertiary/aromatic N) is 3. The quantitative estimate of drug-likeness (QED) is 0.437. The summed E-state index contributed by atoms with van der Waals surface area (Å²) in [6.07, 6.45) is 9.59. The number of nitrogens with one attached hydrogen (secondary N) is 1. The summed E-state index contributed by atoms with van der Waals surface area (Å²) in [7, 11) is -3.74. The first-order chi connectivity index (χ1) is 19.7. The molecule has 0 bridgehead atoms. The number of hydrogen-bond donors (Lipinski definition) is 2. The van der Waals surface area contributed by atoms with E-state index in [0.717, 1.165) is 67.6 Å². The van der Waals surface area contributed by atoms with Crippen LogP contribution in [0.25, 0.3) is 0 Å². The number of rotatable bonds is 7. The molecule has 3 N–H and O–H groups in total. The average molecular weight is 578 g/mol. The molecule has 0 spiro atoms. The predicted molar refractivity (Wildman–Crippen MR) is 160 cm³/mol. The molecular formula is C31H39N5O4S. The molecule has 3 aromatic rings. The first-order valence-corrected chi connectivity index (χ1v) is 15.7. The SMILES string of the molecule is CC(=O)N1CCCCCCCN(Cc2cccnc2)Cc2cc(C(=O)NCCc3ccc(S(N)(=O)=O)cc3)ccc21. The van der Waals surface area contributed by atoms with Gasteiger partial charge in [-0.2, -0.15) is 0 Å². The highest BCUT2D eigenvalue weighted by Gasteiger charge is 2.20. The third-order valence-corrected chi connectivity index (χ3v) is 8.27. The fourth-order valence-corrected chi connectivity index (χ4v) is 5.69. The average Bonchev–Trinajstić information content (AvgIpc) is 2.94. The van der Waals surface area contributed by atoms with Gasteiger partial charge in [-0.1, -0.05) is 37.5 Å². The number of primary sulfonamides is 1. The van der Waals surface area contributed by atoms with Gasteiger partial charge in [-0.05, 0) is 78.9 Å². The first kappa shape index (κ1) is 30.4. The van der Waals surface area contributed by atoms with Gasteiger partial charge in [0.05, 0.1) is 4.90 Å². The molecular weight excluding hydrogens is 538 g/mol. The number of anilines is 1. The van der Waals surface area contributed by atoms with Crippen LogP contribution >= 0.6 is 0 Å². The highest BCUT2D eigenvalue weighted by atomic mass is 32.2. The maximum absolute atomic E-state index is 13.2. The van der Waals surface area contributed by atoms with Crippen molar-refractivity contribution in [3.63, 3.8) is 0 Å². The predicted octanol–water partition coefficient (Wildman–Crippen LogP) is 4.02. The van der Waals surface area contributed by atoms with E-state index in [9.17, 15) is 18.0 Å². The van der Waals surface area contributed by atoms with Crippen molar-refractivity contribution < 1.29 is 18.0 Å². The molecule has 9 nitrogen and oxygen atoms in total. The molecule has 2 aromatic carbocycles. The van der Waals surface area contributed by atoms with Crippen LogP contribution in [0.3, 0.4) is 0 Å². The molecule has 218 valence electrons. The summed E-state index contributed by atoms with van der Waals surface area (Å²) in [5.41, 5.74) is 4.33. The molecule has 0 saturated carbocycles. The molecule has 2 heterocycles. The second-order valence-corrected chi connectivity index (χ2v) is 12.1. The topological polar surface area (TPSA) is 126 Å². The Kier molecular flexibility index (Phi) is 10.6. The minimum Gasteiger partial charge on any atom is -0.352 e. The van der Waals surface area contributed by atoms with Gasteiger partial charge in [0.15, 0.2) is 0 Å². The van der Waals surface area contributed by atoms with Crippen molar-refractivity contribution in [1.29, 1.82) is 0 Å². The van der Waals surface area contributed by atoms with Crippen LogP contribution in [0.2, 0.25) is 0 Å². The Balaban J connectivity index is 1.53. The fraction of sp³-hybridized carbons (Fsp3) is 0.387. The summed E-state index contributed by atoms with van der Waals surface area (Å²) >= 11 is 0. The standard InChI is InChI=1S/C31H39N5O4S/c1-24(37)36-19-6-4-2-3-5-18-35(22-26-8-7-16-33-21-26)23-28-20-27(11-14-30(28)36)31(38)34-17-15-25-9-12-29(13-10-25)41(32,39)40/h7-14,16,20-21H,2-6,15,17-19,22-23H2,1H3,(H,34,38)(H2,32,39,40). The summed E-state index contributed by atoms with van der Waals surface area (Å²) in [4.78, 5) is 34.4. The van der Waals surface area contributed by atoms with Crippen molar-refractivity contribution in [2.24, 2.45) is 5.14 Å². The molecule has 0 fully saturated rings. The highest BCUT2D eigenvalue weighted by Crippen LogP contribution is 2.27. The van der Waals surface area contributed by atoms with Gasteiger partial charge in [0.1, 0.15) is 0 Å². The molecule has 0 aliphatic carbocycles. The first-order valence-electron chi connectivity index (χ1n) is 14.1. The lowest BCUT2D eigenvalue weighted by Crippen LogP contribution is -2.33. The van der Waals surface area contributed by atoms with E-state index >= 15 is 0 Å². The van der Waals surface area contributed by atoms with E-state index in [1.807, 2.05) is 29.3 Å². The van der Waals surface area contributed by atoms with Crippen LogP contribution in [0.4, 0.5) is 5.69 Å². The molecule has 1 aliphatic heterocycles. The molecule has 4 rings (SSSR count). The Hall–Kier alpha value is -3.60. The van der Waals surface area contributed by atoms with E-state index in [-0.39, 0.29) is 16.7 Å². The largest absolute Gasteiger partial charge is 0.352 e. The molecule has 1 aromatic heterocycles. The second-order valence-electron chi connectivity index (χ2n) is 10.5. The Bertz CT molecular complexity index is 1430. The summed E-state index contributed by atoms with van der Waals surface area (Å²) in [6, 6.07) is 15.9. The lowest BCUT2D eigenvalue weighted by Gasteiger charge is -2.29. The van der Waals surface area contributed by atoms with E-state index in [0.29, 0.717) is 31.6 Å². The lowest BCUT2D eigenvalue weighted by molar-refractivity contribution is -0.116. The molecule has 1 aliphatic rings. The molecule has 10 heteroatoms. The summed E-state index contributed by atoms with van der Waals surface area (Å²) in [6.45, 7) is 4.88. The molecule has 0 radical (unpaired) electrons. The van der Waals surface area contributed by atoms with Gasteiger partial charge in [-0.15, -0.1) is 0 Å². The third-order valence-electron chi connectivity index (χ3n) is 7.34. The van der Waals surface area contributed by atoms with E-state index in [1.54, 1.807) is 31.3 Å². The number of pyridine rings is 1. The number of hydrogen-bond acceptors (Lipinski definition) is 6. The molecule has 2 amide bonds. The van der Waals surface area contributed by atoms with Crippen LogP contribution < -0.4 is 15.4 Å². The number of sulfonamides is 1. The molecule has 0 unspecified atom stereocenters. The Morgan fingerprint density at radius 2 is 1.68 bits per heavy atom. The molecule has 0 saturated heterocycles. The van der Waals surface area contributed by atoms with Gasteiger partial charge >= 0.3 is 0 Å². The Morgan fingerprint density at radius 3 is 2.37 bits per heavy atom. The van der Waals surface area contributed by atoms with Crippen LogP contribution in [0.1, 0.15) is 66.1 Å². The van der Waals surface area contributed by atoms with Gasteiger partial charge in [-0.3, -0.25) is 19.5 Å². The van der Waals surface area contributed by atoms with Crippen molar-refractivity contribution >= 4 is 27.5 Å². The van der Waals surface area contributed by atoms with Crippen molar-refractivity contribution in [1.82, 2.24) is 15.2 Å². The highest BCUT2D eigenvalue weighted by molar-refractivity contribution is 7.89. The summed E-state index contributed by atoms with van der Waals surface area (Å²) in [5, 5.41) is 8.14. The van der Waals surface area contributed by atoms with E-state index < -0.39 is 10.0 Å². The van der Waals surface area contributed by atoms with Crippen molar-refractivity contribution in [2.75, 3.05) is 24.5 Å². The van der Waals surface area contributed by atoms with Crippen LogP contribution in [0.15, 0.2) is 71.9 Å². The third kappa shape index (κ3) is 8.94. The monoisotopic (exact) mass is 577 g/mol. The maximum atomic E-state index is 13.2. The normalized spacial score (nSPS) is 15.3. The van der Waals surface area contributed by atoms with Crippen LogP contribution in [0.5, 0.6) is 0 Å². The van der Waals surface area contributed by atoms with Gasteiger partial charge in [0.2, 0.25) is 15.9 Å². The Labute approximate surface area is 242 Å². The number of aromatic nitrogens is 1. The van der Waals surface area contributed by atoms with Gasteiger partial charge in [0, 0.05) is 56.7 Å². The summed E-state index contributed by atoms with van der Waals surface area (Å²) in [5.74, 6) is -0.207. The molecule has 41 heavy (non-hydrogen) atoms. The minimum absolute atomic E-state index is 0.00669. The number of amides is 2. The van der Waals surface area contributed by atoms with Crippen LogP contribution in [0, 0.1) is 0 Å². The van der Waals surface area contributed by atoms with E-state index in [2.05, 4.69) is 21.3 Å². The van der Waals surface area contributed by atoms with Crippen molar-refractivity contribution in [2.45, 2.75) is 63.4 Å². The maximum Gasteiger partial charge on any atom is 0.251 e. The number of carbonyl (C=O) groups is 2. The lowest BCUT2D eigenvalue weighted by atomic mass is 10.0. The number of benzene rings is 2. The van der Waals surface area contributed by atoms with Crippen LogP contribution in [-0.2, 0) is 34.3 Å². The van der Waals surface area contributed by atoms with Crippen LogP contribution in [-0.4, -0.2) is 49.8 Å². The number of carbonyl (C=O) groups excluding carboxylic acids is 2. The number of nitrogens with two attached hydrogens (primary N) is 1. The van der Waals surface area contributed by atoms with E-state index in [1.165, 1.54) is 12.1 Å². The zero-order chi connectivity index (χ0) is 29.2. The minimum atomic E-state index is -3.74. The Morgan fingerprint density at radius 1 is 0.951 bits per heavy atom. The smallest absolute Gasteiger partial charge is 0.251 e. The van der Waals surface area contributed by atoms with Gasteiger partial charge < -0.3 is 10.2 Å². The fourth-order valence-electron chi connectivity index (χ4n) is 5.17. The zero-order valence-electron chi connectivity index (χ0n) is 23.6. The zero-order valence-corrected chi connectivity index (χ0v) is 24.4.